The second-order valence-electron chi connectivity index (χ2n) is 4.24. The maximum absolute atomic E-state index is 5.76. The molecule has 0 aliphatic heterocycles. The average Bonchev–Trinajstić information content (AvgIpc) is 2.77. The van der Waals surface area contributed by atoms with Crippen LogP contribution in [0.15, 0.2) is 18.3 Å². The SMILES string of the molecule is COc1ncccc1NC1CCCC1CN. The first kappa shape index (κ1) is 11.2. The van der Waals surface area contributed by atoms with Crippen LogP contribution in [-0.4, -0.2) is 24.7 Å². The molecule has 2 unspecified atom stereocenters. The highest BCUT2D eigenvalue weighted by Gasteiger charge is 2.26. The van der Waals surface area contributed by atoms with Gasteiger partial charge in [-0.2, -0.15) is 0 Å². The zero-order valence-corrected chi connectivity index (χ0v) is 9.65. The first-order chi connectivity index (χ1) is 7.85. The molecular weight excluding hydrogens is 202 g/mol. The zero-order chi connectivity index (χ0) is 11.4. The van der Waals surface area contributed by atoms with Crippen LogP contribution in [-0.2, 0) is 0 Å². The van der Waals surface area contributed by atoms with Crippen molar-refractivity contribution in [2.75, 3.05) is 19.0 Å². The molecule has 1 fully saturated rings. The van der Waals surface area contributed by atoms with Crippen molar-refractivity contribution in [1.82, 2.24) is 4.98 Å². The Morgan fingerprint density at radius 2 is 2.44 bits per heavy atom. The van der Waals surface area contributed by atoms with E-state index >= 15 is 0 Å². The summed E-state index contributed by atoms with van der Waals surface area (Å²) in [5.41, 5.74) is 6.73. The fraction of sp³-hybridized carbons (Fsp3) is 0.583. The van der Waals surface area contributed by atoms with E-state index in [9.17, 15) is 0 Å². The maximum Gasteiger partial charge on any atom is 0.237 e. The normalized spacial score (nSPS) is 24.4. The van der Waals surface area contributed by atoms with Crippen molar-refractivity contribution in [1.29, 1.82) is 0 Å². The molecule has 0 amide bonds. The zero-order valence-electron chi connectivity index (χ0n) is 9.65. The van der Waals surface area contributed by atoms with E-state index in [0.29, 0.717) is 17.8 Å². The summed E-state index contributed by atoms with van der Waals surface area (Å²) in [6.07, 6.45) is 5.39. The smallest absolute Gasteiger partial charge is 0.237 e. The average molecular weight is 221 g/mol. The molecule has 1 heterocycles. The molecule has 0 saturated heterocycles. The summed E-state index contributed by atoms with van der Waals surface area (Å²) in [5.74, 6) is 1.23. The minimum absolute atomic E-state index is 0.461. The Morgan fingerprint density at radius 3 is 3.19 bits per heavy atom. The largest absolute Gasteiger partial charge is 0.480 e. The molecule has 0 aromatic carbocycles. The van der Waals surface area contributed by atoms with Gasteiger partial charge >= 0.3 is 0 Å². The van der Waals surface area contributed by atoms with Crippen molar-refractivity contribution in [3.8, 4) is 5.88 Å². The minimum Gasteiger partial charge on any atom is -0.480 e. The van der Waals surface area contributed by atoms with Gasteiger partial charge in [0.1, 0.15) is 0 Å². The van der Waals surface area contributed by atoms with E-state index in [1.54, 1.807) is 13.3 Å². The van der Waals surface area contributed by atoms with E-state index in [2.05, 4.69) is 10.3 Å². The Balaban J connectivity index is 2.08. The van der Waals surface area contributed by atoms with Crippen LogP contribution >= 0.6 is 0 Å². The van der Waals surface area contributed by atoms with Crippen molar-refractivity contribution >= 4 is 5.69 Å². The lowest BCUT2D eigenvalue weighted by Gasteiger charge is -2.21. The van der Waals surface area contributed by atoms with Crippen molar-refractivity contribution < 1.29 is 4.74 Å². The molecule has 4 heteroatoms. The Kier molecular flexibility index (Phi) is 3.62. The first-order valence-corrected chi connectivity index (χ1v) is 5.80. The Labute approximate surface area is 96.2 Å². The van der Waals surface area contributed by atoms with Crippen LogP contribution in [0.4, 0.5) is 5.69 Å². The number of rotatable bonds is 4. The summed E-state index contributed by atoms with van der Waals surface area (Å²) in [7, 11) is 1.64. The molecule has 1 aromatic heterocycles. The number of hydrogen-bond donors (Lipinski definition) is 2. The molecule has 1 aromatic rings. The Morgan fingerprint density at radius 1 is 1.56 bits per heavy atom. The van der Waals surface area contributed by atoms with Crippen molar-refractivity contribution in [3.05, 3.63) is 18.3 Å². The number of aromatic nitrogens is 1. The fourth-order valence-electron chi connectivity index (χ4n) is 2.37. The molecule has 1 aliphatic rings. The van der Waals surface area contributed by atoms with Crippen LogP contribution in [0.25, 0.3) is 0 Å². The number of hydrogen-bond acceptors (Lipinski definition) is 4. The second-order valence-corrected chi connectivity index (χ2v) is 4.24. The number of methoxy groups -OCH3 is 1. The number of pyridine rings is 1. The molecule has 0 radical (unpaired) electrons. The van der Waals surface area contributed by atoms with Gasteiger partial charge in [0.25, 0.3) is 0 Å². The van der Waals surface area contributed by atoms with E-state index < -0.39 is 0 Å². The minimum atomic E-state index is 0.461. The van der Waals surface area contributed by atoms with Gasteiger partial charge in [-0.3, -0.25) is 0 Å². The predicted octanol–water partition coefficient (Wildman–Crippen LogP) is 1.63. The van der Waals surface area contributed by atoms with Crippen molar-refractivity contribution in [3.63, 3.8) is 0 Å². The van der Waals surface area contributed by atoms with Gasteiger partial charge in [-0.25, -0.2) is 4.98 Å². The maximum atomic E-state index is 5.76. The van der Waals surface area contributed by atoms with E-state index in [1.165, 1.54) is 19.3 Å². The Bertz CT molecular complexity index is 343. The summed E-state index contributed by atoms with van der Waals surface area (Å²) in [6, 6.07) is 4.37. The van der Waals surface area contributed by atoms with Crippen LogP contribution in [0.2, 0.25) is 0 Å². The molecule has 2 rings (SSSR count). The topological polar surface area (TPSA) is 60.2 Å². The van der Waals surface area contributed by atoms with Gasteiger partial charge < -0.3 is 15.8 Å². The van der Waals surface area contributed by atoms with Crippen LogP contribution in [0.1, 0.15) is 19.3 Å². The molecule has 0 bridgehead atoms. The van der Waals surface area contributed by atoms with E-state index in [1.807, 2.05) is 12.1 Å². The quantitative estimate of drug-likeness (QED) is 0.811. The number of nitrogens with zero attached hydrogens (tertiary/aromatic N) is 1. The number of anilines is 1. The fourth-order valence-corrected chi connectivity index (χ4v) is 2.37. The number of nitrogens with one attached hydrogen (secondary N) is 1. The highest BCUT2D eigenvalue weighted by atomic mass is 16.5. The van der Waals surface area contributed by atoms with Gasteiger partial charge in [-0.1, -0.05) is 6.42 Å². The molecule has 1 saturated carbocycles. The molecule has 88 valence electrons. The van der Waals surface area contributed by atoms with E-state index in [4.69, 9.17) is 10.5 Å². The van der Waals surface area contributed by atoms with Crippen molar-refractivity contribution in [2.45, 2.75) is 25.3 Å². The van der Waals surface area contributed by atoms with Gasteiger partial charge in [0.05, 0.1) is 12.8 Å². The van der Waals surface area contributed by atoms with Crippen LogP contribution in [0, 0.1) is 5.92 Å². The summed E-state index contributed by atoms with van der Waals surface area (Å²) in [6.45, 7) is 0.750. The third kappa shape index (κ3) is 2.27. The lowest BCUT2D eigenvalue weighted by Crippen LogP contribution is -2.29. The molecule has 3 N–H and O–H groups in total. The standard InChI is InChI=1S/C12H19N3O/c1-16-12-11(6-3-7-14-12)15-10-5-2-4-9(10)8-13/h3,6-7,9-10,15H,2,4-5,8,13H2,1H3. The summed E-state index contributed by atoms with van der Waals surface area (Å²) in [5, 5.41) is 3.49. The van der Waals surface area contributed by atoms with Gasteiger partial charge in [0, 0.05) is 12.2 Å². The summed E-state index contributed by atoms with van der Waals surface area (Å²) >= 11 is 0. The van der Waals surface area contributed by atoms with Gasteiger partial charge in [0.2, 0.25) is 5.88 Å². The predicted molar refractivity (Wildman–Crippen MR) is 64.6 cm³/mol. The molecule has 4 nitrogen and oxygen atoms in total. The van der Waals surface area contributed by atoms with Crippen LogP contribution in [0.5, 0.6) is 5.88 Å². The van der Waals surface area contributed by atoms with Gasteiger partial charge in [0.15, 0.2) is 0 Å². The molecule has 1 aliphatic carbocycles. The Hall–Kier alpha value is -1.29. The second kappa shape index (κ2) is 5.16. The third-order valence-electron chi connectivity index (χ3n) is 3.27. The third-order valence-corrected chi connectivity index (χ3v) is 3.27. The lowest BCUT2D eigenvalue weighted by molar-refractivity contribution is 0.398. The highest BCUT2D eigenvalue weighted by Crippen LogP contribution is 2.30. The first-order valence-electron chi connectivity index (χ1n) is 5.80. The van der Waals surface area contributed by atoms with Crippen molar-refractivity contribution in [2.24, 2.45) is 11.7 Å². The van der Waals surface area contributed by atoms with Gasteiger partial charge in [-0.05, 0) is 37.4 Å². The van der Waals surface area contributed by atoms with Crippen LogP contribution in [0.3, 0.4) is 0 Å². The molecule has 16 heavy (non-hydrogen) atoms. The highest BCUT2D eigenvalue weighted by molar-refractivity contribution is 5.52. The summed E-state index contributed by atoms with van der Waals surface area (Å²) in [4.78, 5) is 4.17. The lowest BCUT2D eigenvalue weighted by atomic mass is 10.0. The van der Waals surface area contributed by atoms with E-state index in [0.717, 1.165) is 12.2 Å². The monoisotopic (exact) mass is 221 g/mol. The molecule has 2 atom stereocenters. The number of ether oxygens (including phenoxy) is 1. The molecular formula is C12H19N3O. The van der Waals surface area contributed by atoms with E-state index in [-0.39, 0.29) is 0 Å². The summed E-state index contributed by atoms with van der Waals surface area (Å²) < 4.78 is 5.22. The van der Waals surface area contributed by atoms with Gasteiger partial charge in [-0.15, -0.1) is 0 Å². The number of nitrogens with two attached hydrogens (primary N) is 1. The van der Waals surface area contributed by atoms with Crippen LogP contribution < -0.4 is 15.8 Å². The molecule has 0 spiro atoms.